The number of carbonyl (C=O) groups is 1. The molecular formula is C24H26N2O3. The number of rotatable bonds is 7. The first-order valence-electron chi connectivity index (χ1n) is 9.56. The summed E-state index contributed by atoms with van der Waals surface area (Å²) in [5, 5.41) is 2.85. The van der Waals surface area contributed by atoms with Crippen LogP contribution in [-0.4, -0.2) is 17.5 Å². The molecule has 3 aromatic rings. The summed E-state index contributed by atoms with van der Waals surface area (Å²) in [7, 11) is 0. The monoisotopic (exact) mass is 390 g/mol. The Hall–Kier alpha value is -3.34. The standard InChI is InChI=1S/C24H26N2O3/c1-24(2,3)21-11-4-5-12-22(21)29-17-23(27)26-19-9-6-10-20(14-19)28-16-18-8-7-13-25-15-18/h4-15H,16-17H2,1-3H3,(H,26,27). The third-order valence-electron chi connectivity index (χ3n) is 4.30. The number of nitrogens with one attached hydrogen (secondary N) is 1. The van der Waals surface area contributed by atoms with E-state index in [9.17, 15) is 4.79 Å². The number of ether oxygens (including phenoxy) is 2. The van der Waals surface area contributed by atoms with Gasteiger partial charge in [0.2, 0.25) is 0 Å². The first-order chi connectivity index (χ1) is 13.9. The van der Waals surface area contributed by atoms with Crippen LogP contribution in [0.4, 0.5) is 5.69 Å². The normalized spacial score (nSPS) is 11.0. The Morgan fingerprint density at radius 1 is 1.00 bits per heavy atom. The Kier molecular flexibility index (Phi) is 6.50. The highest BCUT2D eigenvalue weighted by Crippen LogP contribution is 2.30. The number of anilines is 1. The van der Waals surface area contributed by atoms with Crippen LogP contribution < -0.4 is 14.8 Å². The van der Waals surface area contributed by atoms with E-state index in [1.54, 1.807) is 18.5 Å². The molecule has 1 heterocycles. The Balaban J connectivity index is 1.56. The molecule has 150 valence electrons. The summed E-state index contributed by atoms with van der Waals surface area (Å²) in [4.78, 5) is 16.4. The second-order valence-corrected chi connectivity index (χ2v) is 7.76. The number of aromatic nitrogens is 1. The second kappa shape index (κ2) is 9.24. The molecule has 5 heteroatoms. The van der Waals surface area contributed by atoms with Crippen LogP contribution in [-0.2, 0) is 16.8 Å². The summed E-state index contributed by atoms with van der Waals surface area (Å²) in [6.07, 6.45) is 3.49. The van der Waals surface area contributed by atoms with Gasteiger partial charge in [0.25, 0.3) is 5.91 Å². The smallest absolute Gasteiger partial charge is 0.262 e. The molecule has 0 fully saturated rings. The van der Waals surface area contributed by atoms with Crippen molar-refractivity contribution in [2.45, 2.75) is 32.8 Å². The lowest BCUT2D eigenvalue weighted by molar-refractivity contribution is -0.118. The summed E-state index contributed by atoms with van der Waals surface area (Å²) >= 11 is 0. The van der Waals surface area contributed by atoms with Crippen LogP contribution in [0.2, 0.25) is 0 Å². The third kappa shape index (κ3) is 6.07. The van der Waals surface area contributed by atoms with Crippen LogP contribution in [0, 0.1) is 0 Å². The lowest BCUT2D eigenvalue weighted by Gasteiger charge is -2.22. The van der Waals surface area contributed by atoms with E-state index in [0.717, 1.165) is 16.9 Å². The number of benzene rings is 2. The molecule has 0 aliphatic rings. The molecule has 0 unspecified atom stereocenters. The molecular weight excluding hydrogens is 364 g/mol. The van der Waals surface area contributed by atoms with Crippen LogP contribution in [0.5, 0.6) is 11.5 Å². The number of hydrogen-bond acceptors (Lipinski definition) is 4. The number of carbonyl (C=O) groups excluding carboxylic acids is 1. The van der Waals surface area contributed by atoms with E-state index in [1.165, 1.54) is 0 Å². The number of pyridine rings is 1. The van der Waals surface area contributed by atoms with Crippen molar-refractivity contribution in [3.63, 3.8) is 0 Å². The third-order valence-corrected chi connectivity index (χ3v) is 4.30. The molecule has 29 heavy (non-hydrogen) atoms. The molecule has 0 atom stereocenters. The average Bonchev–Trinajstić information content (AvgIpc) is 2.71. The molecule has 0 bridgehead atoms. The minimum absolute atomic E-state index is 0.0616. The molecule has 1 N–H and O–H groups in total. The predicted molar refractivity (Wildman–Crippen MR) is 114 cm³/mol. The number of hydrogen-bond donors (Lipinski definition) is 1. The Morgan fingerprint density at radius 2 is 1.83 bits per heavy atom. The summed E-state index contributed by atoms with van der Waals surface area (Å²) < 4.78 is 11.6. The lowest BCUT2D eigenvalue weighted by atomic mass is 9.86. The Morgan fingerprint density at radius 3 is 2.59 bits per heavy atom. The highest BCUT2D eigenvalue weighted by Gasteiger charge is 2.18. The molecule has 5 nitrogen and oxygen atoms in total. The largest absolute Gasteiger partial charge is 0.489 e. The lowest BCUT2D eigenvalue weighted by Crippen LogP contribution is -2.22. The Bertz CT molecular complexity index is 950. The minimum atomic E-state index is -0.224. The number of nitrogens with zero attached hydrogens (tertiary/aromatic N) is 1. The van der Waals surface area contributed by atoms with Gasteiger partial charge in [-0.1, -0.05) is 51.1 Å². The van der Waals surface area contributed by atoms with Crippen LogP contribution in [0.3, 0.4) is 0 Å². The van der Waals surface area contributed by atoms with Crippen LogP contribution in [0.15, 0.2) is 73.1 Å². The van der Waals surface area contributed by atoms with Gasteiger partial charge in [0.1, 0.15) is 18.1 Å². The van der Waals surface area contributed by atoms with Crippen LogP contribution in [0.25, 0.3) is 0 Å². The van der Waals surface area contributed by atoms with E-state index < -0.39 is 0 Å². The van der Waals surface area contributed by atoms with E-state index in [1.807, 2.05) is 54.6 Å². The van der Waals surface area contributed by atoms with Crippen molar-refractivity contribution in [3.8, 4) is 11.5 Å². The van der Waals surface area contributed by atoms with Crippen LogP contribution in [0.1, 0.15) is 31.9 Å². The van der Waals surface area contributed by atoms with Gasteiger partial charge in [0, 0.05) is 29.7 Å². The molecule has 0 aliphatic carbocycles. The molecule has 1 amide bonds. The maximum atomic E-state index is 12.4. The van der Waals surface area contributed by atoms with Gasteiger partial charge in [-0.15, -0.1) is 0 Å². The average molecular weight is 390 g/mol. The zero-order valence-electron chi connectivity index (χ0n) is 17.0. The molecule has 3 rings (SSSR count). The van der Waals surface area contributed by atoms with Gasteiger partial charge in [-0.3, -0.25) is 9.78 Å². The van der Waals surface area contributed by atoms with Crippen molar-refractivity contribution < 1.29 is 14.3 Å². The fourth-order valence-electron chi connectivity index (χ4n) is 2.87. The minimum Gasteiger partial charge on any atom is -0.489 e. The molecule has 0 aliphatic heterocycles. The fraction of sp³-hybridized carbons (Fsp3) is 0.250. The van der Waals surface area contributed by atoms with Crippen molar-refractivity contribution in [3.05, 3.63) is 84.2 Å². The van der Waals surface area contributed by atoms with Gasteiger partial charge in [0.15, 0.2) is 6.61 Å². The summed E-state index contributed by atoms with van der Waals surface area (Å²) in [5.74, 6) is 1.17. The zero-order chi connectivity index (χ0) is 20.7. The molecule has 0 saturated carbocycles. The number of para-hydroxylation sites is 1. The van der Waals surface area contributed by atoms with Crippen molar-refractivity contribution in [2.24, 2.45) is 0 Å². The van der Waals surface area contributed by atoms with E-state index in [2.05, 4.69) is 31.1 Å². The van der Waals surface area contributed by atoms with Crippen molar-refractivity contribution >= 4 is 11.6 Å². The van der Waals surface area contributed by atoms with Gasteiger partial charge >= 0.3 is 0 Å². The first kappa shape index (κ1) is 20.4. The quantitative estimate of drug-likeness (QED) is 0.618. The van der Waals surface area contributed by atoms with Gasteiger partial charge < -0.3 is 14.8 Å². The van der Waals surface area contributed by atoms with Gasteiger partial charge in [-0.2, -0.15) is 0 Å². The van der Waals surface area contributed by atoms with E-state index in [4.69, 9.17) is 9.47 Å². The molecule has 1 aromatic heterocycles. The molecule has 2 aromatic carbocycles. The van der Waals surface area contributed by atoms with Crippen LogP contribution >= 0.6 is 0 Å². The van der Waals surface area contributed by atoms with Gasteiger partial charge in [-0.25, -0.2) is 0 Å². The zero-order valence-corrected chi connectivity index (χ0v) is 17.0. The first-order valence-corrected chi connectivity index (χ1v) is 9.56. The second-order valence-electron chi connectivity index (χ2n) is 7.76. The highest BCUT2D eigenvalue weighted by molar-refractivity contribution is 5.92. The maximum Gasteiger partial charge on any atom is 0.262 e. The number of amides is 1. The van der Waals surface area contributed by atoms with E-state index in [0.29, 0.717) is 18.0 Å². The summed E-state index contributed by atoms with van der Waals surface area (Å²) in [6, 6.07) is 18.9. The van der Waals surface area contributed by atoms with Crippen molar-refractivity contribution in [1.29, 1.82) is 0 Å². The van der Waals surface area contributed by atoms with E-state index in [-0.39, 0.29) is 17.9 Å². The summed E-state index contributed by atoms with van der Waals surface area (Å²) in [6.45, 7) is 6.70. The van der Waals surface area contributed by atoms with E-state index >= 15 is 0 Å². The fourth-order valence-corrected chi connectivity index (χ4v) is 2.87. The van der Waals surface area contributed by atoms with Gasteiger partial charge in [0.05, 0.1) is 0 Å². The molecule has 0 radical (unpaired) electrons. The summed E-state index contributed by atoms with van der Waals surface area (Å²) in [5.41, 5.74) is 2.64. The topological polar surface area (TPSA) is 60.5 Å². The van der Waals surface area contributed by atoms with Gasteiger partial charge in [-0.05, 0) is 35.2 Å². The predicted octanol–water partition coefficient (Wildman–Crippen LogP) is 4.98. The maximum absolute atomic E-state index is 12.4. The van der Waals surface area contributed by atoms with Crippen molar-refractivity contribution in [1.82, 2.24) is 4.98 Å². The SMILES string of the molecule is CC(C)(C)c1ccccc1OCC(=O)Nc1cccc(OCc2cccnc2)c1. The molecule has 0 saturated heterocycles. The van der Waals surface area contributed by atoms with Crippen molar-refractivity contribution in [2.75, 3.05) is 11.9 Å². The Labute approximate surface area is 171 Å². The molecule has 0 spiro atoms. The highest BCUT2D eigenvalue weighted by atomic mass is 16.5.